The maximum Gasteiger partial charge on any atom is 0.160 e. The Morgan fingerprint density at radius 3 is 2.47 bits per heavy atom. The Kier molecular flexibility index (Phi) is 3.71. The molecule has 0 aliphatic rings. The Balaban J connectivity index is 2.45. The zero-order valence-electron chi connectivity index (χ0n) is 9.77. The monoisotopic (exact) mass is 245 g/mol. The van der Waals surface area contributed by atoms with Crippen LogP contribution in [0.3, 0.4) is 0 Å². The van der Waals surface area contributed by atoms with Gasteiger partial charge >= 0.3 is 0 Å². The van der Waals surface area contributed by atoms with Gasteiger partial charge in [0.2, 0.25) is 0 Å². The highest BCUT2D eigenvalue weighted by Crippen LogP contribution is 2.28. The molecule has 2 rings (SSSR count). The van der Waals surface area contributed by atoms with Gasteiger partial charge in [-0.05, 0) is 53.1 Å². The predicted molar refractivity (Wildman–Crippen MR) is 69.6 cm³/mol. The van der Waals surface area contributed by atoms with Crippen molar-refractivity contribution in [1.29, 1.82) is 0 Å². The molecule has 0 bridgehead atoms. The molecule has 0 N–H and O–H groups in total. The van der Waals surface area contributed by atoms with Crippen LogP contribution in [0.15, 0.2) is 47.4 Å². The van der Waals surface area contributed by atoms with E-state index in [1.807, 2.05) is 36.4 Å². The molecule has 0 amide bonds. The van der Waals surface area contributed by atoms with Crippen LogP contribution < -0.4 is 4.74 Å². The Hall–Kier alpha value is -1.45. The summed E-state index contributed by atoms with van der Waals surface area (Å²) < 4.78 is 16.8. The molecule has 0 aliphatic carbocycles. The highest BCUT2D eigenvalue weighted by molar-refractivity contribution is 7.90. The summed E-state index contributed by atoms with van der Waals surface area (Å²) in [5.41, 5.74) is 1.98. The Morgan fingerprint density at radius 1 is 1.18 bits per heavy atom. The SMILES string of the molecule is COc1ccc(-c2c[c]ccc2[S+](C)[O-])cc1. The summed E-state index contributed by atoms with van der Waals surface area (Å²) >= 11 is -0.999. The maximum absolute atomic E-state index is 11.6. The molecule has 2 aromatic carbocycles. The van der Waals surface area contributed by atoms with Crippen molar-refractivity contribution in [3.05, 3.63) is 48.5 Å². The molecule has 0 heterocycles. The molecule has 1 radical (unpaired) electrons. The fraction of sp³-hybridized carbons (Fsp3) is 0.143. The lowest BCUT2D eigenvalue weighted by molar-refractivity contribution is 0.415. The fourth-order valence-electron chi connectivity index (χ4n) is 1.66. The van der Waals surface area contributed by atoms with E-state index in [0.29, 0.717) is 0 Å². The van der Waals surface area contributed by atoms with Gasteiger partial charge < -0.3 is 9.29 Å². The second kappa shape index (κ2) is 5.25. The van der Waals surface area contributed by atoms with Gasteiger partial charge in [0.05, 0.1) is 7.11 Å². The summed E-state index contributed by atoms with van der Waals surface area (Å²) in [5.74, 6) is 0.813. The van der Waals surface area contributed by atoms with E-state index < -0.39 is 11.2 Å². The van der Waals surface area contributed by atoms with Gasteiger partial charge in [-0.25, -0.2) is 0 Å². The molecule has 3 heteroatoms. The minimum absolute atomic E-state index is 0.813. The predicted octanol–water partition coefficient (Wildman–Crippen LogP) is 2.90. The first-order valence-electron chi connectivity index (χ1n) is 5.20. The molecule has 0 saturated carbocycles. The third kappa shape index (κ3) is 2.62. The molecule has 1 unspecified atom stereocenters. The Bertz CT molecular complexity index is 492. The summed E-state index contributed by atoms with van der Waals surface area (Å²) in [5, 5.41) is 0. The number of hydrogen-bond donors (Lipinski definition) is 0. The maximum atomic E-state index is 11.6. The van der Waals surface area contributed by atoms with Crippen LogP contribution >= 0.6 is 0 Å². The van der Waals surface area contributed by atoms with Crippen molar-refractivity contribution in [1.82, 2.24) is 0 Å². The van der Waals surface area contributed by atoms with E-state index in [1.54, 1.807) is 19.4 Å². The second-order valence-electron chi connectivity index (χ2n) is 3.60. The van der Waals surface area contributed by atoms with Crippen molar-refractivity contribution < 1.29 is 9.29 Å². The van der Waals surface area contributed by atoms with Crippen molar-refractivity contribution in [2.75, 3.05) is 13.4 Å². The minimum Gasteiger partial charge on any atom is -0.612 e. The average molecular weight is 245 g/mol. The first kappa shape index (κ1) is 12.0. The summed E-state index contributed by atoms with van der Waals surface area (Å²) in [7, 11) is 1.64. The highest BCUT2D eigenvalue weighted by atomic mass is 32.2. The van der Waals surface area contributed by atoms with Crippen molar-refractivity contribution in [2.45, 2.75) is 4.90 Å². The minimum atomic E-state index is -0.999. The quantitative estimate of drug-likeness (QED) is 0.779. The number of rotatable bonds is 3. The number of benzene rings is 2. The smallest absolute Gasteiger partial charge is 0.160 e. The highest BCUT2D eigenvalue weighted by Gasteiger charge is 2.12. The zero-order valence-corrected chi connectivity index (χ0v) is 10.6. The first-order valence-corrected chi connectivity index (χ1v) is 6.76. The van der Waals surface area contributed by atoms with Crippen LogP contribution in [0.1, 0.15) is 0 Å². The van der Waals surface area contributed by atoms with Crippen LogP contribution in [0.2, 0.25) is 0 Å². The molecule has 87 valence electrons. The van der Waals surface area contributed by atoms with E-state index in [1.165, 1.54) is 0 Å². The number of hydrogen-bond acceptors (Lipinski definition) is 2. The van der Waals surface area contributed by atoms with Gasteiger partial charge in [0.15, 0.2) is 4.90 Å². The molecule has 0 fully saturated rings. The van der Waals surface area contributed by atoms with E-state index in [-0.39, 0.29) is 0 Å². The van der Waals surface area contributed by atoms with Gasteiger partial charge in [0.25, 0.3) is 0 Å². The molecule has 17 heavy (non-hydrogen) atoms. The first-order chi connectivity index (χ1) is 8.22. The lowest BCUT2D eigenvalue weighted by Crippen LogP contribution is -1.99. The van der Waals surface area contributed by atoms with E-state index in [4.69, 9.17) is 4.74 Å². The van der Waals surface area contributed by atoms with Crippen LogP contribution in [0.25, 0.3) is 11.1 Å². The van der Waals surface area contributed by atoms with Crippen LogP contribution in [0.4, 0.5) is 0 Å². The van der Waals surface area contributed by atoms with Gasteiger partial charge in [-0.3, -0.25) is 0 Å². The van der Waals surface area contributed by atoms with Crippen molar-refractivity contribution in [3.63, 3.8) is 0 Å². The Labute approximate surface area is 104 Å². The number of ether oxygens (including phenoxy) is 1. The summed E-state index contributed by atoms with van der Waals surface area (Å²) in [6, 6.07) is 16.2. The van der Waals surface area contributed by atoms with Crippen molar-refractivity contribution in [3.8, 4) is 16.9 Å². The molecule has 0 aromatic heterocycles. The molecular weight excluding hydrogens is 232 g/mol. The van der Waals surface area contributed by atoms with Gasteiger partial charge in [0.1, 0.15) is 12.0 Å². The molecule has 2 nitrogen and oxygen atoms in total. The molecule has 0 spiro atoms. The lowest BCUT2D eigenvalue weighted by Gasteiger charge is -2.10. The third-order valence-electron chi connectivity index (χ3n) is 2.53. The van der Waals surface area contributed by atoms with Gasteiger partial charge in [-0.1, -0.05) is 12.1 Å². The Morgan fingerprint density at radius 2 is 1.88 bits per heavy atom. The van der Waals surface area contributed by atoms with Gasteiger partial charge in [-0.2, -0.15) is 0 Å². The topological polar surface area (TPSA) is 32.3 Å². The lowest BCUT2D eigenvalue weighted by atomic mass is 10.1. The van der Waals surface area contributed by atoms with Gasteiger partial charge in [-0.15, -0.1) is 0 Å². The fourth-order valence-corrected chi connectivity index (χ4v) is 2.41. The van der Waals surface area contributed by atoms with E-state index >= 15 is 0 Å². The summed E-state index contributed by atoms with van der Waals surface area (Å²) in [6.07, 6.45) is 1.68. The number of methoxy groups -OCH3 is 1. The summed E-state index contributed by atoms with van der Waals surface area (Å²) in [4.78, 5) is 0.828. The molecular formula is C14H13O2S. The average Bonchev–Trinajstić information content (AvgIpc) is 2.39. The molecule has 0 aliphatic heterocycles. The molecule has 2 aromatic rings. The van der Waals surface area contributed by atoms with Crippen molar-refractivity contribution in [2.24, 2.45) is 0 Å². The normalized spacial score (nSPS) is 12.2. The molecule has 0 saturated heterocycles. The van der Waals surface area contributed by atoms with Crippen LogP contribution in [0, 0.1) is 6.07 Å². The van der Waals surface area contributed by atoms with Gasteiger partial charge in [0, 0.05) is 5.56 Å². The third-order valence-corrected chi connectivity index (χ3v) is 3.51. The zero-order chi connectivity index (χ0) is 12.3. The largest absolute Gasteiger partial charge is 0.612 e. The van der Waals surface area contributed by atoms with Crippen LogP contribution in [0.5, 0.6) is 5.75 Å². The second-order valence-corrected chi connectivity index (χ2v) is 4.95. The standard InChI is InChI=1S/C14H13O2S/c1-16-12-9-7-11(8-10-12)13-5-3-4-6-14(13)17(2)15/h4-10H,1-2H3. The molecule has 1 atom stereocenters. The van der Waals surface area contributed by atoms with E-state index in [9.17, 15) is 4.55 Å². The van der Waals surface area contributed by atoms with Crippen LogP contribution in [-0.4, -0.2) is 17.9 Å². The summed E-state index contributed by atoms with van der Waals surface area (Å²) in [6.45, 7) is 0. The van der Waals surface area contributed by atoms with E-state index in [2.05, 4.69) is 6.07 Å². The van der Waals surface area contributed by atoms with Crippen molar-refractivity contribution >= 4 is 11.2 Å². The van der Waals surface area contributed by atoms with E-state index in [0.717, 1.165) is 21.8 Å². The van der Waals surface area contributed by atoms with Crippen LogP contribution in [-0.2, 0) is 11.2 Å².